The van der Waals surface area contributed by atoms with E-state index in [9.17, 15) is 4.79 Å². The summed E-state index contributed by atoms with van der Waals surface area (Å²) in [5.74, 6) is 6.07. The number of aryl methyl sites for hydroxylation is 1. The summed E-state index contributed by atoms with van der Waals surface area (Å²) in [5, 5.41) is 1.72. The van der Waals surface area contributed by atoms with Crippen LogP contribution in [0.15, 0.2) is 78.9 Å². The van der Waals surface area contributed by atoms with Gasteiger partial charge < -0.3 is 5.73 Å². The van der Waals surface area contributed by atoms with E-state index in [1.807, 2.05) is 79.7 Å². The largest absolute Gasteiger partial charge is 0.322 e. The average Bonchev–Trinajstić information content (AvgIpc) is 2.71. The first-order chi connectivity index (χ1) is 13.0. The number of carbonyl (C=O) groups is 1. The highest BCUT2D eigenvalue weighted by Crippen LogP contribution is 2.43. The Hall–Kier alpha value is -2.66. The molecule has 0 aliphatic carbocycles. The Morgan fingerprint density at radius 2 is 1.48 bits per heavy atom. The maximum atomic E-state index is 12.7. The molecule has 0 saturated carbocycles. The van der Waals surface area contributed by atoms with E-state index < -0.39 is 5.54 Å². The molecule has 0 aliphatic rings. The summed E-state index contributed by atoms with van der Waals surface area (Å²) >= 11 is 6.61. The monoisotopic (exact) mass is 379 g/mol. The van der Waals surface area contributed by atoms with Crippen molar-refractivity contribution in [3.8, 4) is 0 Å². The molecule has 0 fully saturated rings. The molecule has 0 aliphatic heterocycles. The molecule has 1 amide bonds. The van der Waals surface area contributed by atoms with Crippen LogP contribution in [0.3, 0.4) is 0 Å². The van der Waals surface area contributed by atoms with Crippen molar-refractivity contribution < 1.29 is 4.79 Å². The minimum atomic E-state index is -1.11. The van der Waals surface area contributed by atoms with Gasteiger partial charge in [0.15, 0.2) is 0 Å². The smallest absolute Gasteiger partial charge is 0.251 e. The molecule has 1 atom stereocenters. The van der Waals surface area contributed by atoms with E-state index in [1.165, 1.54) is 5.01 Å². The van der Waals surface area contributed by atoms with Gasteiger partial charge in [-0.3, -0.25) is 9.80 Å². The first kappa shape index (κ1) is 19.1. The van der Waals surface area contributed by atoms with Crippen molar-refractivity contribution in [3.05, 3.63) is 106 Å². The molecular formula is C22H22ClN3O. The highest BCUT2D eigenvalue weighted by atomic mass is 35.5. The molecular weight excluding hydrogens is 358 g/mol. The van der Waals surface area contributed by atoms with E-state index >= 15 is 0 Å². The van der Waals surface area contributed by atoms with E-state index in [0.717, 1.165) is 16.7 Å². The lowest BCUT2D eigenvalue weighted by Crippen LogP contribution is -2.57. The van der Waals surface area contributed by atoms with Gasteiger partial charge in [0.2, 0.25) is 0 Å². The quantitative estimate of drug-likeness (QED) is 0.308. The summed E-state index contributed by atoms with van der Waals surface area (Å²) in [6.45, 7) is 1.80. The average molecular weight is 380 g/mol. The zero-order chi connectivity index (χ0) is 19.4. The molecule has 4 N–H and O–H groups in total. The van der Waals surface area contributed by atoms with Gasteiger partial charge in [-0.15, -0.1) is 0 Å². The second-order valence-electron chi connectivity index (χ2n) is 6.39. The number of benzene rings is 3. The van der Waals surface area contributed by atoms with Crippen LogP contribution in [0.4, 0.5) is 0 Å². The summed E-state index contributed by atoms with van der Waals surface area (Å²) in [4.78, 5) is 12.7. The van der Waals surface area contributed by atoms with E-state index in [-0.39, 0.29) is 12.5 Å². The highest BCUT2D eigenvalue weighted by Gasteiger charge is 2.44. The summed E-state index contributed by atoms with van der Waals surface area (Å²) < 4.78 is 0. The number of amides is 1. The normalized spacial score (nSPS) is 13.0. The van der Waals surface area contributed by atoms with Crippen LogP contribution in [-0.4, -0.2) is 17.5 Å². The van der Waals surface area contributed by atoms with Crippen LogP contribution in [0.25, 0.3) is 0 Å². The molecule has 3 aromatic rings. The predicted molar refractivity (Wildman–Crippen MR) is 109 cm³/mol. The van der Waals surface area contributed by atoms with Crippen molar-refractivity contribution >= 4 is 17.5 Å². The maximum absolute atomic E-state index is 12.7. The fourth-order valence-corrected chi connectivity index (χ4v) is 3.67. The molecule has 0 saturated heterocycles. The molecule has 0 heterocycles. The highest BCUT2D eigenvalue weighted by molar-refractivity contribution is 6.31. The Balaban J connectivity index is 2.43. The van der Waals surface area contributed by atoms with Crippen molar-refractivity contribution in [3.63, 3.8) is 0 Å². The lowest BCUT2D eigenvalue weighted by molar-refractivity contribution is -0.134. The second kappa shape index (κ2) is 7.92. The zero-order valence-electron chi connectivity index (χ0n) is 15.1. The molecule has 0 bridgehead atoms. The van der Waals surface area contributed by atoms with Gasteiger partial charge >= 0.3 is 0 Å². The van der Waals surface area contributed by atoms with Gasteiger partial charge in [0.1, 0.15) is 5.54 Å². The Labute approximate surface area is 164 Å². The topological polar surface area (TPSA) is 72.3 Å². The molecule has 5 heteroatoms. The lowest BCUT2D eigenvalue weighted by Gasteiger charge is -2.43. The molecule has 1 unspecified atom stereocenters. The first-order valence-corrected chi connectivity index (χ1v) is 9.05. The Bertz CT molecular complexity index is 928. The fraction of sp³-hybridized carbons (Fsp3) is 0.136. The van der Waals surface area contributed by atoms with E-state index in [4.69, 9.17) is 23.2 Å². The number of rotatable bonds is 5. The Morgan fingerprint density at radius 3 is 2.07 bits per heavy atom. The number of hydrogen-bond donors (Lipinski definition) is 2. The molecule has 138 valence electrons. The number of nitrogens with two attached hydrogens (primary N) is 2. The standard InChI is InChI=1S/C22H22ClN3O/c1-16-11-13-18(14-12-16)22(26(25)21(27)15-24,17-7-3-2-4-8-17)19-9-5-6-10-20(19)23/h2-14H,15,24-25H2,1H3. The molecule has 3 rings (SSSR count). The third-order valence-electron chi connectivity index (χ3n) is 4.73. The van der Waals surface area contributed by atoms with E-state index in [2.05, 4.69) is 0 Å². The van der Waals surface area contributed by atoms with Gasteiger partial charge in [-0.25, -0.2) is 5.84 Å². The minimum absolute atomic E-state index is 0.207. The van der Waals surface area contributed by atoms with Gasteiger partial charge in [0.05, 0.1) is 6.54 Å². The number of carbonyl (C=O) groups excluding carboxylic acids is 1. The van der Waals surface area contributed by atoms with Gasteiger partial charge in [0, 0.05) is 10.6 Å². The van der Waals surface area contributed by atoms with Crippen molar-refractivity contribution in [2.45, 2.75) is 12.5 Å². The van der Waals surface area contributed by atoms with Crippen molar-refractivity contribution in [2.24, 2.45) is 11.6 Å². The van der Waals surface area contributed by atoms with Gasteiger partial charge in [-0.2, -0.15) is 0 Å². The summed E-state index contributed by atoms with van der Waals surface area (Å²) in [7, 11) is 0. The molecule has 0 aromatic heterocycles. The van der Waals surface area contributed by atoms with Crippen molar-refractivity contribution in [2.75, 3.05) is 6.54 Å². The van der Waals surface area contributed by atoms with Crippen LogP contribution >= 0.6 is 11.6 Å². The van der Waals surface area contributed by atoms with Crippen molar-refractivity contribution in [1.82, 2.24) is 5.01 Å². The van der Waals surface area contributed by atoms with Crippen LogP contribution < -0.4 is 11.6 Å². The lowest BCUT2D eigenvalue weighted by atomic mass is 9.76. The van der Waals surface area contributed by atoms with Crippen molar-refractivity contribution in [1.29, 1.82) is 0 Å². The Kier molecular flexibility index (Phi) is 5.61. The van der Waals surface area contributed by atoms with Crippen LogP contribution in [0.1, 0.15) is 22.3 Å². The summed E-state index contributed by atoms with van der Waals surface area (Å²) in [6.07, 6.45) is 0. The second-order valence-corrected chi connectivity index (χ2v) is 6.80. The van der Waals surface area contributed by atoms with Gasteiger partial charge in [-0.1, -0.05) is 90.0 Å². The van der Waals surface area contributed by atoms with Crippen LogP contribution in [-0.2, 0) is 10.3 Å². The van der Waals surface area contributed by atoms with Gasteiger partial charge in [0.25, 0.3) is 5.91 Å². The number of nitrogens with zero attached hydrogens (tertiary/aromatic N) is 1. The molecule has 27 heavy (non-hydrogen) atoms. The Morgan fingerprint density at radius 1 is 0.926 bits per heavy atom. The fourth-order valence-electron chi connectivity index (χ4n) is 3.40. The SMILES string of the molecule is Cc1ccc(C(c2ccccc2)(c2ccccc2Cl)N(N)C(=O)CN)cc1. The van der Waals surface area contributed by atoms with Crippen LogP contribution in [0.2, 0.25) is 5.02 Å². The predicted octanol–water partition coefficient (Wildman–Crippen LogP) is 3.60. The third kappa shape index (κ3) is 3.35. The van der Waals surface area contributed by atoms with E-state index in [0.29, 0.717) is 10.6 Å². The van der Waals surface area contributed by atoms with Gasteiger partial charge in [-0.05, 0) is 24.1 Å². The number of hydrogen-bond acceptors (Lipinski definition) is 3. The summed E-state index contributed by atoms with van der Waals surface area (Å²) in [6, 6.07) is 24.9. The van der Waals surface area contributed by atoms with Crippen LogP contribution in [0.5, 0.6) is 0 Å². The zero-order valence-corrected chi connectivity index (χ0v) is 15.9. The number of hydrazine groups is 1. The number of halogens is 1. The molecule has 4 nitrogen and oxygen atoms in total. The minimum Gasteiger partial charge on any atom is -0.322 e. The van der Waals surface area contributed by atoms with E-state index in [1.54, 1.807) is 6.07 Å². The molecule has 0 radical (unpaired) electrons. The first-order valence-electron chi connectivity index (χ1n) is 8.67. The van der Waals surface area contributed by atoms with Crippen LogP contribution in [0, 0.1) is 6.92 Å². The molecule has 0 spiro atoms. The third-order valence-corrected chi connectivity index (χ3v) is 5.06. The maximum Gasteiger partial charge on any atom is 0.251 e. The summed E-state index contributed by atoms with van der Waals surface area (Å²) in [5.41, 5.74) is 8.03. The molecule has 3 aromatic carbocycles.